The van der Waals surface area contributed by atoms with Crippen molar-refractivity contribution in [2.45, 2.75) is 44.7 Å². The predicted molar refractivity (Wildman–Crippen MR) is 58.6 cm³/mol. The van der Waals surface area contributed by atoms with Crippen LogP contribution in [0.15, 0.2) is 0 Å². The molecule has 2 unspecified atom stereocenters. The van der Waals surface area contributed by atoms with Gasteiger partial charge in [-0.3, -0.25) is 9.59 Å². The summed E-state index contributed by atoms with van der Waals surface area (Å²) in [5, 5.41) is 3.22. The summed E-state index contributed by atoms with van der Waals surface area (Å²) in [5.41, 5.74) is 0. The van der Waals surface area contributed by atoms with Crippen LogP contribution in [-0.4, -0.2) is 42.8 Å². The highest BCUT2D eigenvalue weighted by Gasteiger charge is 2.30. The van der Waals surface area contributed by atoms with E-state index < -0.39 is 0 Å². The number of hydrogen-bond donors (Lipinski definition) is 1. The third kappa shape index (κ3) is 2.78. The first kappa shape index (κ1) is 12.2. The minimum Gasteiger partial charge on any atom is -0.335 e. The Balaban J connectivity index is 2.67. The Morgan fingerprint density at radius 1 is 1.27 bits per heavy atom. The second-order valence-electron chi connectivity index (χ2n) is 4.22. The van der Waals surface area contributed by atoms with E-state index in [4.69, 9.17) is 0 Å². The van der Waals surface area contributed by atoms with Crippen LogP contribution in [0.2, 0.25) is 0 Å². The number of nitrogens with one attached hydrogen (secondary N) is 1. The van der Waals surface area contributed by atoms with Gasteiger partial charge in [0.2, 0.25) is 5.78 Å². The molecule has 1 amide bonds. The van der Waals surface area contributed by atoms with E-state index in [1.807, 2.05) is 7.05 Å². The van der Waals surface area contributed by atoms with E-state index in [-0.39, 0.29) is 17.7 Å². The SMILES string of the molecule is CNC1CCCCC1N(C)C(=O)C(C)=O. The van der Waals surface area contributed by atoms with E-state index in [1.54, 1.807) is 11.9 Å². The van der Waals surface area contributed by atoms with Gasteiger partial charge in [-0.05, 0) is 19.9 Å². The molecule has 4 heteroatoms. The molecule has 0 aliphatic heterocycles. The van der Waals surface area contributed by atoms with Crippen molar-refractivity contribution in [2.75, 3.05) is 14.1 Å². The standard InChI is InChI=1S/C11H20N2O2/c1-8(14)11(15)13(3)10-7-5-4-6-9(10)12-2/h9-10,12H,4-7H2,1-3H3. The number of likely N-dealkylation sites (N-methyl/N-ethyl adjacent to an activating group) is 2. The third-order valence-electron chi connectivity index (χ3n) is 3.22. The monoisotopic (exact) mass is 212 g/mol. The largest absolute Gasteiger partial charge is 0.335 e. The smallest absolute Gasteiger partial charge is 0.289 e. The van der Waals surface area contributed by atoms with Gasteiger partial charge in [0.15, 0.2) is 0 Å². The number of hydrogen-bond acceptors (Lipinski definition) is 3. The van der Waals surface area contributed by atoms with Crippen molar-refractivity contribution >= 4 is 11.7 Å². The summed E-state index contributed by atoms with van der Waals surface area (Å²) in [6.45, 7) is 1.33. The molecule has 1 fully saturated rings. The molecular formula is C11H20N2O2. The van der Waals surface area contributed by atoms with Crippen LogP contribution >= 0.6 is 0 Å². The molecule has 1 aliphatic carbocycles. The Bertz CT molecular complexity index is 253. The molecule has 86 valence electrons. The van der Waals surface area contributed by atoms with E-state index in [0.717, 1.165) is 19.3 Å². The van der Waals surface area contributed by atoms with Crippen LogP contribution in [0, 0.1) is 0 Å². The average Bonchev–Trinajstić information content (AvgIpc) is 2.26. The first-order valence-corrected chi connectivity index (χ1v) is 5.53. The van der Waals surface area contributed by atoms with Crippen molar-refractivity contribution in [3.05, 3.63) is 0 Å². The van der Waals surface area contributed by atoms with E-state index in [2.05, 4.69) is 5.32 Å². The lowest BCUT2D eigenvalue weighted by molar-refractivity contribution is -0.144. The van der Waals surface area contributed by atoms with E-state index in [1.165, 1.54) is 13.3 Å². The lowest BCUT2D eigenvalue weighted by Gasteiger charge is -2.37. The highest BCUT2D eigenvalue weighted by molar-refractivity contribution is 6.35. The van der Waals surface area contributed by atoms with E-state index in [9.17, 15) is 9.59 Å². The topological polar surface area (TPSA) is 49.4 Å². The molecule has 0 heterocycles. The minimum absolute atomic E-state index is 0.167. The zero-order valence-electron chi connectivity index (χ0n) is 9.75. The highest BCUT2D eigenvalue weighted by Crippen LogP contribution is 2.22. The molecule has 0 spiro atoms. The molecule has 2 atom stereocenters. The van der Waals surface area contributed by atoms with Crippen LogP contribution in [-0.2, 0) is 9.59 Å². The first-order chi connectivity index (χ1) is 7.07. The molecule has 1 aliphatic rings. The number of Topliss-reactive ketones (excluding diaryl/α,β-unsaturated/α-hetero) is 1. The number of amides is 1. The Morgan fingerprint density at radius 2 is 1.87 bits per heavy atom. The van der Waals surface area contributed by atoms with Crippen LogP contribution in [0.4, 0.5) is 0 Å². The molecule has 0 aromatic heterocycles. The molecular weight excluding hydrogens is 192 g/mol. The van der Waals surface area contributed by atoms with Gasteiger partial charge in [-0.15, -0.1) is 0 Å². The molecule has 0 saturated heterocycles. The van der Waals surface area contributed by atoms with Gasteiger partial charge in [0.1, 0.15) is 0 Å². The Hall–Kier alpha value is -0.900. The van der Waals surface area contributed by atoms with E-state index >= 15 is 0 Å². The van der Waals surface area contributed by atoms with Crippen molar-refractivity contribution < 1.29 is 9.59 Å². The van der Waals surface area contributed by atoms with Gasteiger partial charge in [-0.1, -0.05) is 12.8 Å². The first-order valence-electron chi connectivity index (χ1n) is 5.53. The highest BCUT2D eigenvalue weighted by atomic mass is 16.2. The van der Waals surface area contributed by atoms with Crippen LogP contribution in [0.25, 0.3) is 0 Å². The summed E-state index contributed by atoms with van der Waals surface area (Å²) < 4.78 is 0. The maximum absolute atomic E-state index is 11.6. The van der Waals surface area contributed by atoms with Gasteiger partial charge in [-0.25, -0.2) is 0 Å². The molecule has 15 heavy (non-hydrogen) atoms. The molecule has 0 aromatic carbocycles. The Labute approximate surface area is 91.0 Å². The van der Waals surface area contributed by atoms with Crippen molar-refractivity contribution in [1.82, 2.24) is 10.2 Å². The average molecular weight is 212 g/mol. The van der Waals surface area contributed by atoms with Crippen molar-refractivity contribution in [3.8, 4) is 0 Å². The normalized spacial score (nSPS) is 26.1. The fourth-order valence-corrected chi connectivity index (χ4v) is 2.31. The number of carbonyl (C=O) groups excluding carboxylic acids is 2. The van der Waals surface area contributed by atoms with Crippen molar-refractivity contribution in [1.29, 1.82) is 0 Å². The van der Waals surface area contributed by atoms with Crippen LogP contribution < -0.4 is 5.32 Å². The fraction of sp³-hybridized carbons (Fsp3) is 0.818. The number of rotatable bonds is 3. The summed E-state index contributed by atoms with van der Waals surface area (Å²) in [4.78, 5) is 24.2. The molecule has 1 rings (SSSR count). The lowest BCUT2D eigenvalue weighted by atomic mass is 9.89. The van der Waals surface area contributed by atoms with Gasteiger partial charge < -0.3 is 10.2 Å². The number of ketones is 1. The molecule has 1 N–H and O–H groups in total. The second-order valence-corrected chi connectivity index (χ2v) is 4.22. The quantitative estimate of drug-likeness (QED) is 0.696. The summed E-state index contributed by atoms with van der Waals surface area (Å²) >= 11 is 0. The number of nitrogens with zero attached hydrogens (tertiary/aromatic N) is 1. The van der Waals surface area contributed by atoms with Gasteiger partial charge in [-0.2, -0.15) is 0 Å². The van der Waals surface area contributed by atoms with Gasteiger partial charge >= 0.3 is 0 Å². The molecule has 4 nitrogen and oxygen atoms in total. The minimum atomic E-state index is -0.377. The molecule has 1 saturated carbocycles. The summed E-state index contributed by atoms with van der Waals surface area (Å²) in [7, 11) is 3.64. The van der Waals surface area contributed by atoms with E-state index in [0.29, 0.717) is 6.04 Å². The second kappa shape index (κ2) is 5.26. The maximum Gasteiger partial charge on any atom is 0.289 e. The van der Waals surface area contributed by atoms with Crippen LogP contribution in [0.5, 0.6) is 0 Å². The van der Waals surface area contributed by atoms with Gasteiger partial charge in [0.05, 0.1) is 0 Å². The zero-order chi connectivity index (χ0) is 11.4. The predicted octanol–water partition coefficient (Wildman–Crippen LogP) is 0.564. The van der Waals surface area contributed by atoms with Gasteiger partial charge in [0.25, 0.3) is 5.91 Å². The molecule has 0 aromatic rings. The molecule has 0 bridgehead atoms. The summed E-state index contributed by atoms with van der Waals surface area (Å²) in [5.74, 6) is -0.750. The zero-order valence-corrected chi connectivity index (χ0v) is 9.75. The maximum atomic E-state index is 11.6. The molecule has 0 radical (unpaired) electrons. The third-order valence-corrected chi connectivity index (χ3v) is 3.22. The number of carbonyl (C=O) groups is 2. The van der Waals surface area contributed by atoms with Gasteiger partial charge in [0, 0.05) is 26.1 Å². The lowest BCUT2D eigenvalue weighted by Crippen LogP contribution is -2.52. The fourth-order valence-electron chi connectivity index (χ4n) is 2.31. The summed E-state index contributed by atoms with van der Waals surface area (Å²) in [6.07, 6.45) is 4.40. The van der Waals surface area contributed by atoms with Crippen molar-refractivity contribution in [2.24, 2.45) is 0 Å². The van der Waals surface area contributed by atoms with Crippen molar-refractivity contribution in [3.63, 3.8) is 0 Å². The van der Waals surface area contributed by atoms with Crippen LogP contribution in [0.1, 0.15) is 32.6 Å². The van der Waals surface area contributed by atoms with Crippen LogP contribution in [0.3, 0.4) is 0 Å². The Morgan fingerprint density at radius 3 is 2.40 bits per heavy atom. The summed E-state index contributed by atoms with van der Waals surface area (Å²) in [6, 6.07) is 0.493. The Kier molecular flexibility index (Phi) is 4.27.